The molecule has 5 nitrogen and oxygen atoms in total. The lowest BCUT2D eigenvalue weighted by Gasteiger charge is -2.29. The molecule has 6 heteroatoms. The van der Waals surface area contributed by atoms with Gasteiger partial charge in [0.15, 0.2) is 5.78 Å². The molecule has 1 fully saturated rings. The number of aromatic amines is 1. The molecule has 0 atom stereocenters. The van der Waals surface area contributed by atoms with E-state index in [2.05, 4.69) is 16.9 Å². The fraction of sp³-hybridized carbons (Fsp3) is 0.269. The van der Waals surface area contributed by atoms with Gasteiger partial charge < -0.3 is 10.3 Å². The predicted molar refractivity (Wildman–Crippen MR) is 123 cm³/mol. The van der Waals surface area contributed by atoms with Crippen LogP contribution >= 0.6 is 0 Å². The smallest absolute Gasteiger partial charge is 0.268 e. The van der Waals surface area contributed by atoms with Crippen LogP contribution < -0.4 is 10.9 Å². The number of anilines is 1. The molecule has 4 rings (SSSR count). The van der Waals surface area contributed by atoms with Crippen molar-refractivity contribution in [2.24, 2.45) is 5.92 Å². The number of fused-ring (bicyclic) bond motifs is 1. The zero-order valence-corrected chi connectivity index (χ0v) is 17.7. The van der Waals surface area contributed by atoms with Crippen LogP contribution in [0, 0.1) is 23.1 Å². The molecule has 32 heavy (non-hydrogen) atoms. The van der Waals surface area contributed by atoms with Gasteiger partial charge in [-0.05, 0) is 67.5 Å². The number of rotatable bonds is 6. The van der Waals surface area contributed by atoms with E-state index < -0.39 is 5.56 Å². The van der Waals surface area contributed by atoms with Crippen molar-refractivity contribution < 1.29 is 9.18 Å². The molecule has 0 amide bonds. The van der Waals surface area contributed by atoms with Gasteiger partial charge in [0.1, 0.15) is 17.4 Å². The summed E-state index contributed by atoms with van der Waals surface area (Å²) in [5.74, 6) is -0.193. The first kappa shape index (κ1) is 21.5. The maximum Gasteiger partial charge on any atom is 0.268 e. The SMILES string of the molecule is C=CC(=O)C1CCC(Nc2c(C#N)c(=O)[nH]c3cc(Cc4ccc(F)cc4)ccc23)CC1. The summed E-state index contributed by atoms with van der Waals surface area (Å²) in [5.41, 5.74) is 2.75. The van der Waals surface area contributed by atoms with Crippen molar-refractivity contribution in [1.29, 1.82) is 5.26 Å². The summed E-state index contributed by atoms with van der Waals surface area (Å²) in [6, 6.07) is 14.2. The van der Waals surface area contributed by atoms with Crippen molar-refractivity contribution in [2.45, 2.75) is 38.1 Å². The molecule has 1 aliphatic rings. The fourth-order valence-corrected chi connectivity index (χ4v) is 4.44. The minimum Gasteiger partial charge on any atom is -0.381 e. The molecular formula is C26H24FN3O2. The Morgan fingerprint density at radius 1 is 1.16 bits per heavy atom. The number of allylic oxidation sites excluding steroid dienone is 1. The Labute approximate surface area is 185 Å². The van der Waals surface area contributed by atoms with Crippen LogP contribution in [0.5, 0.6) is 0 Å². The summed E-state index contributed by atoms with van der Waals surface area (Å²) in [6.07, 6.45) is 5.07. The summed E-state index contributed by atoms with van der Waals surface area (Å²) in [6.45, 7) is 3.57. The highest BCUT2D eigenvalue weighted by Gasteiger charge is 2.26. The Hall–Kier alpha value is -3.72. The predicted octanol–water partition coefficient (Wildman–Crippen LogP) is 4.86. The van der Waals surface area contributed by atoms with Gasteiger partial charge in [-0.1, -0.05) is 30.8 Å². The standard InChI is InChI=1S/C26H24FN3O2/c1-2-24(31)18-6-10-20(11-7-18)29-25-21-12-5-17(13-16-3-8-19(27)9-4-16)14-23(21)30-26(32)22(25)15-28/h2-5,8-9,12,14,18,20H,1,6-7,10-11,13H2,(H2,29,30,32). The van der Waals surface area contributed by atoms with Crippen LogP contribution in [-0.2, 0) is 11.2 Å². The first-order valence-electron chi connectivity index (χ1n) is 10.7. The lowest BCUT2D eigenvalue weighted by Crippen LogP contribution is -2.30. The highest BCUT2D eigenvalue weighted by molar-refractivity contribution is 5.94. The minimum absolute atomic E-state index is 0.00549. The average Bonchev–Trinajstić information content (AvgIpc) is 2.80. The van der Waals surface area contributed by atoms with Gasteiger partial charge in [0.2, 0.25) is 0 Å². The number of hydrogen-bond acceptors (Lipinski definition) is 4. The van der Waals surface area contributed by atoms with Gasteiger partial charge in [0.25, 0.3) is 5.56 Å². The number of nitrogens with zero attached hydrogens (tertiary/aromatic N) is 1. The zero-order valence-electron chi connectivity index (χ0n) is 17.7. The maximum atomic E-state index is 13.2. The summed E-state index contributed by atoms with van der Waals surface area (Å²) in [4.78, 5) is 27.3. The van der Waals surface area contributed by atoms with Gasteiger partial charge in [-0.15, -0.1) is 0 Å². The molecule has 162 valence electrons. The highest BCUT2D eigenvalue weighted by atomic mass is 19.1. The Kier molecular flexibility index (Phi) is 6.18. The van der Waals surface area contributed by atoms with Crippen molar-refractivity contribution in [3.63, 3.8) is 0 Å². The Morgan fingerprint density at radius 3 is 2.50 bits per heavy atom. The Balaban J connectivity index is 1.62. The number of hydrogen-bond donors (Lipinski definition) is 2. The van der Waals surface area contributed by atoms with E-state index in [4.69, 9.17) is 0 Å². The highest BCUT2D eigenvalue weighted by Crippen LogP contribution is 2.31. The number of halogens is 1. The third-order valence-electron chi connectivity index (χ3n) is 6.19. The van der Waals surface area contributed by atoms with Gasteiger partial charge >= 0.3 is 0 Å². The van der Waals surface area contributed by atoms with Gasteiger partial charge in [-0.3, -0.25) is 9.59 Å². The van der Waals surface area contributed by atoms with Crippen LogP contribution in [0.15, 0.2) is 59.9 Å². The van der Waals surface area contributed by atoms with Gasteiger partial charge in [0.05, 0.1) is 11.2 Å². The van der Waals surface area contributed by atoms with E-state index in [0.29, 0.717) is 17.6 Å². The quantitative estimate of drug-likeness (QED) is 0.548. The summed E-state index contributed by atoms with van der Waals surface area (Å²) in [7, 11) is 0. The number of benzene rings is 2. The van der Waals surface area contributed by atoms with E-state index in [1.807, 2.05) is 24.3 Å². The van der Waals surface area contributed by atoms with Crippen LogP contribution in [-0.4, -0.2) is 16.8 Å². The van der Waals surface area contributed by atoms with E-state index in [1.165, 1.54) is 18.2 Å². The van der Waals surface area contributed by atoms with Crippen molar-refractivity contribution in [2.75, 3.05) is 5.32 Å². The molecule has 0 bridgehead atoms. The van der Waals surface area contributed by atoms with Gasteiger partial charge in [0, 0.05) is 17.3 Å². The third-order valence-corrected chi connectivity index (χ3v) is 6.19. The summed E-state index contributed by atoms with van der Waals surface area (Å²) < 4.78 is 13.2. The molecule has 0 spiro atoms. The molecular weight excluding hydrogens is 405 g/mol. The first-order chi connectivity index (χ1) is 15.5. The lowest BCUT2D eigenvalue weighted by molar-refractivity contribution is -0.119. The van der Waals surface area contributed by atoms with Crippen molar-refractivity contribution in [1.82, 2.24) is 4.98 Å². The zero-order chi connectivity index (χ0) is 22.7. The Bertz CT molecular complexity index is 1260. The van der Waals surface area contributed by atoms with Crippen LogP contribution in [0.4, 0.5) is 10.1 Å². The second-order valence-corrected chi connectivity index (χ2v) is 8.30. The molecule has 0 aliphatic heterocycles. The fourth-order valence-electron chi connectivity index (χ4n) is 4.44. The lowest BCUT2D eigenvalue weighted by atomic mass is 9.83. The topological polar surface area (TPSA) is 85.8 Å². The van der Waals surface area contributed by atoms with Gasteiger partial charge in [-0.25, -0.2) is 4.39 Å². The second-order valence-electron chi connectivity index (χ2n) is 8.30. The van der Waals surface area contributed by atoms with E-state index in [-0.39, 0.29) is 29.1 Å². The molecule has 1 saturated carbocycles. The number of aromatic nitrogens is 1. The number of ketones is 1. The molecule has 0 unspecified atom stereocenters. The number of nitriles is 1. The average molecular weight is 429 g/mol. The van der Waals surface area contributed by atoms with Crippen LogP contribution in [0.2, 0.25) is 0 Å². The molecule has 1 heterocycles. The molecule has 0 radical (unpaired) electrons. The van der Waals surface area contributed by atoms with Crippen molar-refractivity contribution in [3.8, 4) is 6.07 Å². The number of carbonyl (C=O) groups is 1. The summed E-state index contributed by atoms with van der Waals surface area (Å²) >= 11 is 0. The third kappa shape index (κ3) is 4.47. The monoisotopic (exact) mass is 429 g/mol. The van der Waals surface area contributed by atoms with Crippen molar-refractivity contribution in [3.05, 3.63) is 88.0 Å². The normalized spacial score (nSPS) is 18.1. The molecule has 2 aromatic carbocycles. The molecule has 0 saturated heterocycles. The number of nitrogens with one attached hydrogen (secondary N) is 2. The maximum absolute atomic E-state index is 13.2. The molecule has 1 aliphatic carbocycles. The summed E-state index contributed by atoms with van der Waals surface area (Å²) in [5, 5.41) is 13.8. The Morgan fingerprint density at radius 2 is 1.84 bits per heavy atom. The second kappa shape index (κ2) is 9.19. The number of H-pyrrole nitrogens is 1. The van der Waals surface area contributed by atoms with Crippen LogP contribution in [0.3, 0.4) is 0 Å². The van der Waals surface area contributed by atoms with Gasteiger partial charge in [-0.2, -0.15) is 5.26 Å². The van der Waals surface area contributed by atoms with E-state index in [9.17, 15) is 19.2 Å². The van der Waals surface area contributed by atoms with E-state index in [1.54, 1.807) is 12.1 Å². The van der Waals surface area contributed by atoms with Crippen LogP contribution in [0.1, 0.15) is 42.4 Å². The first-order valence-corrected chi connectivity index (χ1v) is 10.7. The van der Waals surface area contributed by atoms with E-state index in [0.717, 1.165) is 42.2 Å². The largest absolute Gasteiger partial charge is 0.381 e. The molecule has 2 N–H and O–H groups in total. The molecule has 1 aromatic heterocycles. The van der Waals surface area contributed by atoms with Crippen molar-refractivity contribution >= 4 is 22.4 Å². The van der Waals surface area contributed by atoms with Crippen LogP contribution in [0.25, 0.3) is 10.9 Å². The minimum atomic E-state index is -0.433. The number of carbonyl (C=O) groups excluding carboxylic acids is 1. The molecule has 3 aromatic rings. The van der Waals surface area contributed by atoms with E-state index >= 15 is 0 Å². The number of pyridine rings is 1.